The van der Waals surface area contributed by atoms with Gasteiger partial charge in [0.2, 0.25) is 0 Å². The minimum atomic E-state index is -0.490. The summed E-state index contributed by atoms with van der Waals surface area (Å²) < 4.78 is 0. The van der Waals surface area contributed by atoms with E-state index in [4.69, 9.17) is 0 Å². The van der Waals surface area contributed by atoms with Crippen LogP contribution in [0.4, 0.5) is 0 Å². The lowest BCUT2D eigenvalue weighted by atomic mass is 9.46. The van der Waals surface area contributed by atoms with Crippen LogP contribution in [0.25, 0.3) is 0 Å². The Labute approximate surface area is 163 Å². The van der Waals surface area contributed by atoms with E-state index in [1.54, 1.807) is 0 Å². The molecule has 27 heavy (non-hydrogen) atoms. The second-order valence-electron chi connectivity index (χ2n) is 11.2. The molecule has 3 saturated carbocycles. The first-order valence-corrected chi connectivity index (χ1v) is 10.8. The van der Waals surface area contributed by atoms with Gasteiger partial charge in [0.05, 0.1) is 5.92 Å². The van der Waals surface area contributed by atoms with Crippen LogP contribution in [0.1, 0.15) is 79.6 Å². The van der Waals surface area contributed by atoms with Crippen LogP contribution in [-0.4, -0.2) is 17.3 Å². The number of ketones is 3. The van der Waals surface area contributed by atoms with E-state index >= 15 is 0 Å². The summed E-state index contributed by atoms with van der Waals surface area (Å²) in [6.45, 7) is 10.3. The molecule has 0 radical (unpaired) electrons. The quantitative estimate of drug-likeness (QED) is 0.615. The highest BCUT2D eigenvalue weighted by atomic mass is 16.2. The molecule has 0 N–H and O–H groups in total. The first-order chi connectivity index (χ1) is 12.5. The van der Waals surface area contributed by atoms with Crippen LogP contribution < -0.4 is 0 Å². The van der Waals surface area contributed by atoms with Gasteiger partial charge in [0.1, 0.15) is 11.6 Å². The molecule has 148 valence electrons. The smallest absolute Gasteiger partial charge is 0.166 e. The van der Waals surface area contributed by atoms with Gasteiger partial charge in [0, 0.05) is 17.3 Å². The third kappa shape index (κ3) is 2.63. The van der Waals surface area contributed by atoms with Crippen molar-refractivity contribution in [1.82, 2.24) is 0 Å². The highest BCUT2D eigenvalue weighted by Gasteiger charge is 2.60. The van der Waals surface area contributed by atoms with Gasteiger partial charge < -0.3 is 0 Å². The topological polar surface area (TPSA) is 51.2 Å². The van der Waals surface area contributed by atoms with Crippen molar-refractivity contribution in [3.05, 3.63) is 11.6 Å². The molecule has 0 aliphatic heterocycles. The van der Waals surface area contributed by atoms with Crippen molar-refractivity contribution in [2.24, 2.45) is 39.9 Å². The third-order valence-electron chi connectivity index (χ3n) is 8.79. The minimum Gasteiger partial charge on any atom is -0.299 e. The number of carbonyl (C=O) groups excluding carboxylic acids is 3. The Kier molecular flexibility index (Phi) is 4.15. The van der Waals surface area contributed by atoms with E-state index in [2.05, 4.69) is 13.8 Å². The van der Waals surface area contributed by atoms with Crippen LogP contribution in [0.5, 0.6) is 0 Å². The molecule has 3 heteroatoms. The van der Waals surface area contributed by atoms with Crippen molar-refractivity contribution in [2.75, 3.05) is 0 Å². The van der Waals surface area contributed by atoms with Crippen molar-refractivity contribution in [1.29, 1.82) is 0 Å². The molecule has 3 nitrogen and oxygen atoms in total. The van der Waals surface area contributed by atoms with Gasteiger partial charge in [-0.3, -0.25) is 14.4 Å². The van der Waals surface area contributed by atoms with Gasteiger partial charge in [-0.1, -0.05) is 40.2 Å². The molecule has 0 spiro atoms. The highest BCUT2D eigenvalue weighted by molar-refractivity contribution is 6.10. The molecule has 0 aromatic rings. The van der Waals surface area contributed by atoms with E-state index in [1.165, 1.54) is 5.57 Å². The Morgan fingerprint density at radius 1 is 1.00 bits per heavy atom. The Morgan fingerprint density at radius 3 is 2.33 bits per heavy atom. The van der Waals surface area contributed by atoms with Crippen LogP contribution in [0.3, 0.4) is 0 Å². The first kappa shape index (κ1) is 19.1. The van der Waals surface area contributed by atoms with Gasteiger partial charge in [0.25, 0.3) is 0 Å². The molecule has 0 aromatic carbocycles. The lowest BCUT2D eigenvalue weighted by Gasteiger charge is -2.57. The molecule has 6 atom stereocenters. The van der Waals surface area contributed by atoms with Gasteiger partial charge in [-0.25, -0.2) is 0 Å². The van der Waals surface area contributed by atoms with Gasteiger partial charge >= 0.3 is 0 Å². The van der Waals surface area contributed by atoms with Crippen molar-refractivity contribution >= 4 is 17.3 Å². The zero-order chi connectivity index (χ0) is 19.8. The van der Waals surface area contributed by atoms with E-state index < -0.39 is 11.3 Å². The zero-order valence-corrected chi connectivity index (χ0v) is 17.6. The second kappa shape index (κ2) is 5.87. The Balaban J connectivity index is 1.68. The zero-order valence-electron chi connectivity index (χ0n) is 17.6. The Bertz CT molecular complexity index is 739. The highest BCUT2D eigenvalue weighted by Crippen LogP contribution is 2.64. The number of hydrogen-bond acceptors (Lipinski definition) is 3. The van der Waals surface area contributed by atoms with Crippen LogP contribution in [0.2, 0.25) is 0 Å². The summed E-state index contributed by atoms with van der Waals surface area (Å²) in [6, 6.07) is 0. The predicted octanol–water partition coefficient (Wildman–Crippen LogP) is 4.93. The van der Waals surface area contributed by atoms with Crippen molar-refractivity contribution in [3.8, 4) is 0 Å². The Morgan fingerprint density at radius 2 is 1.67 bits per heavy atom. The summed E-state index contributed by atoms with van der Waals surface area (Å²) in [5.74, 6) is 1.66. The Hall–Kier alpha value is -1.25. The van der Waals surface area contributed by atoms with Gasteiger partial charge in [0.15, 0.2) is 5.78 Å². The van der Waals surface area contributed by atoms with Crippen LogP contribution >= 0.6 is 0 Å². The van der Waals surface area contributed by atoms with Crippen LogP contribution in [0.15, 0.2) is 11.6 Å². The molecular weight excluding hydrogens is 336 g/mol. The molecule has 6 unspecified atom stereocenters. The van der Waals surface area contributed by atoms with Crippen molar-refractivity contribution in [2.45, 2.75) is 79.6 Å². The largest absolute Gasteiger partial charge is 0.299 e. The molecule has 0 amide bonds. The van der Waals surface area contributed by atoms with E-state index in [0.29, 0.717) is 30.0 Å². The molecule has 4 aliphatic carbocycles. The lowest BCUT2D eigenvalue weighted by molar-refractivity contribution is -0.140. The van der Waals surface area contributed by atoms with Gasteiger partial charge in [-0.05, 0) is 67.8 Å². The number of carbonyl (C=O) groups is 3. The average molecular weight is 371 g/mol. The standard InChI is InChI=1S/C24H34O3/c1-22(2,3)21(27)16-13-24(5)14(12-19(16)25)6-7-15-17-8-9-20(26)23(17,4)11-10-18(15)24/h12,15-18H,6-11,13H2,1-5H3. The van der Waals surface area contributed by atoms with E-state index in [9.17, 15) is 14.4 Å². The van der Waals surface area contributed by atoms with Crippen molar-refractivity contribution < 1.29 is 14.4 Å². The normalized spacial score (nSPS) is 44.3. The summed E-state index contributed by atoms with van der Waals surface area (Å²) in [6.07, 6.45) is 8.38. The molecule has 0 bridgehead atoms. The summed E-state index contributed by atoms with van der Waals surface area (Å²) >= 11 is 0. The average Bonchev–Trinajstić information content (AvgIpc) is 2.89. The first-order valence-electron chi connectivity index (χ1n) is 10.8. The fraction of sp³-hybridized carbons (Fsp3) is 0.792. The number of fused-ring (bicyclic) bond motifs is 5. The molecule has 0 saturated heterocycles. The maximum atomic E-state index is 13.0. The summed E-state index contributed by atoms with van der Waals surface area (Å²) in [4.78, 5) is 38.3. The van der Waals surface area contributed by atoms with Crippen LogP contribution in [0, 0.1) is 39.9 Å². The third-order valence-corrected chi connectivity index (χ3v) is 8.79. The molecule has 0 aromatic heterocycles. The fourth-order valence-electron chi connectivity index (χ4n) is 7.16. The fourth-order valence-corrected chi connectivity index (χ4v) is 7.16. The van der Waals surface area contributed by atoms with E-state index in [-0.39, 0.29) is 22.4 Å². The minimum absolute atomic E-state index is 0.0255. The summed E-state index contributed by atoms with van der Waals surface area (Å²) in [5, 5.41) is 0. The number of hydrogen-bond donors (Lipinski definition) is 0. The van der Waals surface area contributed by atoms with Gasteiger partial charge in [-0.2, -0.15) is 0 Å². The predicted molar refractivity (Wildman–Crippen MR) is 105 cm³/mol. The van der Waals surface area contributed by atoms with E-state index in [1.807, 2.05) is 26.8 Å². The number of Topliss-reactive ketones (excluding diaryl/α,β-unsaturated/α-hetero) is 2. The molecule has 3 fully saturated rings. The lowest BCUT2D eigenvalue weighted by Crippen LogP contribution is -2.52. The summed E-state index contributed by atoms with van der Waals surface area (Å²) in [7, 11) is 0. The van der Waals surface area contributed by atoms with Crippen LogP contribution in [-0.2, 0) is 14.4 Å². The molecule has 4 rings (SSSR count). The van der Waals surface area contributed by atoms with Crippen molar-refractivity contribution in [3.63, 3.8) is 0 Å². The molecule has 4 aliphatic rings. The summed E-state index contributed by atoms with van der Waals surface area (Å²) in [5.41, 5.74) is 0.609. The second-order valence-corrected chi connectivity index (χ2v) is 11.2. The monoisotopic (exact) mass is 370 g/mol. The maximum absolute atomic E-state index is 13.0. The number of allylic oxidation sites excluding steroid dienone is 1. The number of rotatable bonds is 1. The van der Waals surface area contributed by atoms with Gasteiger partial charge in [-0.15, -0.1) is 0 Å². The SMILES string of the molecule is CC(C)(C)C(=O)C1CC2(C)C(=CC1=O)CCC1C3CCC(=O)C3(C)CCC12. The maximum Gasteiger partial charge on any atom is 0.166 e. The molecular formula is C24H34O3. The van der Waals surface area contributed by atoms with E-state index in [0.717, 1.165) is 38.5 Å². The molecule has 0 heterocycles.